The number of hydrogen-bond acceptors (Lipinski definition) is 5. The van der Waals surface area contributed by atoms with Gasteiger partial charge in [-0.25, -0.2) is 9.82 Å². The predicted molar refractivity (Wildman–Crippen MR) is 124 cm³/mol. The zero-order valence-corrected chi connectivity index (χ0v) is 18.2. The zero-order chi connectivity index (χ0) is 23.6. The van der Waals surface area contributed by atoms with E-state index in [1.807, 2.05) is 30.3 Å². The first-order valence-corrected chi connectivity index (χ1v) is 10.2. The maximum absolute atomic E-state index is 13.7. The highest BCUT2D eigenvalue weighted by Gasteiger charge is 2.22. The molecule has 3 aromatic carbocycles. The summed E-state index contributed by atoms with van der Waals surface area (Å²) in [6.07, 6.45) is 1.42. The highest BCUT2D eigenvalue weighted by molar-refractivity contribution is 6.06. The average Bonchev–Trinajstić information content (AvgIpc) is 2.84. The van der Waals surface area contributed by atoms with Crippen molar-refractivity contribution in [1.29, 1.82) is 0 Å². The molecule has 1 atom stereocenters. The molecule has 0 aliphatic carbocycles. The van der Waals surface area contributed by atoms with E-state index in [1.165, 1.54) is 38.4 Å². The maximum atomic E-state index is 13.7. The minimum Gasteiger partial charge on any atom is -0.493 e. The molecule has 0 fully saturated rings. The molecule has 0 saturated heterocycles. The molecule has 7 nitrogen and oxygen atoms in total. The summed E-state index contributed by atoms with van der Waals surface area (Å²) in [5.74, 6) is -1.85. The Hall–Kier alpha value is -4.20. The molecule has 1 unspecified atom stereocenters. The highest BCUT2D eigenvalue weighted by atomic mass is 19.1. The van der Waals surface area contributed by atoms with Gasteiger partial charge in [0.1, 0.15) is 18.3 Å². The van der Waals surface area contributed by atoms with Crippen LogP contribution in [0.1, 0.15) is 18.1 Å². The van der Waals surface area contributed by atoms with Crippen molar-refractivity contribution in [1.82, 2.24) is 5.43 Å². The van der Waals surface area contributed by atoms with Crippen LogP contribution in [0.25, 0.3) is 0 Å². The lowest BCUT2D eigenvalue weighted by molar-refractivity contribution is -0.131. The first kappa shape index (κ1) is 23.5. The molecule has 0 saturated carbocycles. The largest absolute Gasteiger partial charge is 0.493 e. The van der Waals surface area contributed by atoms with Crippen molar-refractivity contribution < 1.29 is 23.5 Å². The molecule has 0 spiro atoms. The van der Waals surface area contributed by atoms with Crippen LogP contribution >= 0.6 is 0 Å². The smallest absolute Gasteiger partial charge is 0.252 e. The molecule has 0 aliphatic rings. The fourth-order valence-corrected chi connectivity index (χ4v) is 2.81. The fraction of sp³-hybridized carbons (Fsp3) is 0.160. The number of benzene rings is 3. The van der Waals surface area contributed by atoms with Gasteiger partial charge in [-0.2, -0.15) is 5.10 Å². The molecule has 3 rings (SSSR count). The van der Waals surface area contributed by atoms with Gasteiger partial charge in [-0.15, -0.1) is 0 Å². The Bertz CT molecular complexity index is 1140. The second-order valence-corrected chi connectivity index (χ2v) is 7.11. The number of rotatable bonds is 9. The summed E-state index contributed by atoms with van der Waals surface area (Å²) in [6, 6.07) is 20.7. The molecule has 33 heavy (non-hydrogen) atoms. The van der Waals surface area contributed by atoms with Crippen molar-refractivity contribution in [3.63, 3.8) is 0 Å². The van der Waals surface area contributed by atoms with Crippen LogP contribution < -0.4 is 20.2 Å². The number of methoxy groups -OCH3 is 1. The number of carbonyl (C=O) groups is 2. The van der Waals surface area contributed by atoms with E-state index in [4.69, 9.17) is 9.47 Å². The van der Waals surface area contributed by atoms with Crippen LogP contribution in [0.15, 0.2) is 77.9 Å². The third-order valence-corrected chi connectivity index (χ3v) is 4.73. The quantitative estimate of drug-likeness (QED) is 0.292. The Morgan fingerprint density at radius 1 is 1.00 bits per heavy atom. The van der Waals surface area contributed by atoms with Gasteiger partial charge in [0.15, 0.2) is 11.5 Å². The van der Waals surface area contributed by atoms with Gasteiger partial charge < -0.3 is 14.8 Å². The number of carbonyl (C=O) groups excluding carboxylic acids is 2. The summed E-state index contributed by atoms with van der Waals surface area (Å²) in [7, 11) is 1.53. The Morgan fingerprint density at radius 2 is 1.73 bits per heavy atom. The topological polar surface area (TPSA) is 89.0 Å². The monoisotopic (exact) mass is 449 g/mol. The Balaban J connectivity index is 1.55. The van der Waals surface area contributed by atoms with E-state index < -0.39 is 23.5 Å². The van der Waals surface area contributed by atoms with Gasteiger partial charge >= 0.3 is 0 Å². The summed E-state index contributed by atoms with van der Waals surface area (Å²) in [6.45, 7) is 1.80. The second kappa shape index (κ2) is 11.4. The first-order chi connectivity index (χ1) is 16.0. The number of amides is 2. The van der Waals surface area contributed by atoms with Gasteiger partial charge in [0, 0.05) is 0 Å². The maximum Gasteiger partial charge on any atom is 0.252 e. The zero-order valence-electron chi connectivity index (χ0n) is 18.2. The summed E-state index contributed by atoms with van der Waals surface area (Å²) < 4.78 is 24.9. The van der Waals surface area contributed by atoms with Crippen molar-refractivity contribution in [2.75, 3.05) is 12.4 Å². The van der Waals surface area contributed by atoms with Crippen LogP contribution in [0.5, 0.6) is 11.5 Å². The van der Waals surface area contributed by atoms with Crippen LogP contribution in [-0.2, 0) is 16.2 Å². The van der Waals surface area contributed by atoms with Gasteiger partial charge in [-0.05, 0) is 48.4 Å². The van der Waals surface area contributed by atoms with Gasteiger partial charge in [0.2, 0.25) is 5.91 Å². The molecule has 170 valence electrons. The third kappa shape index (κ3) is 6.64. The van der Waals surface area contributed by atoms with E-state index in [0.29, 0.717) is 23.7 Å². The molecule has 0 aromatic heterocycles. The second-order valence-electron chi connectivity index (χ2n) is 7.11. The van der Waals surface area contributed by atoms with Gasteiger partial charge in [0.05, 0.1) is 19.0 Å². The number of hydrogen-bond donors (Lipinski definition) is 2. The molecular weight excluding hydrogens is 425 g/mol. The molecule has 0 bridgehead atoms. The van der Waals surface area contributed by atoms with Crippen LogP contribution in [0, 0.1) is 11.7 Å². The molecular formula is C25H24FN3O4. The summed E-state index contributed by atoms with van der Waals surface area (Å²) in [5, 5.41) is 6.28. The van der Waals surface area contributed by atoms with Crippen molar-refractivity contribution in [3.05, 3.63) is 89.7 Å². The predicted octanol–water partition coefficient (Wildman–Crippen LogP) is 4.14. The molecule has 0 aliphatic heterocycles. The van der Waals surface area contributed by atoms with Crippen molar-refractivity contribution >= 4 is 23.7 Å². The number of ether oxygens (including phenoxy) is 2. The SMILES string of the molecule is COc1cc(C=NNC(=O)C(C)C(=O)Nc2ccccc2F)ccc1OCc1ccccc1. The lowest BCUT2D eigenvalue weighted by Crippen LogP contribution is -2.34. The highest BCUT2D eigenvalue weighted by Crippen LogP contribution is 2.28. The minimum atomic E-state index is -1.08. The minimum absolute atomic E-state index is 0.00678. The Labute approximate surface area is 191 Å². The molecule has 0 heterocycles. The average molecular weight is 449 g/mol. The van der Waals surface area contributed by atoms with Gasteiger partial charge in [0.25, 0.3) is 5.91 Å². The van der Waals surface area contributed by atoms with Crippen LogP contribution in [0.2, 0.25) is 0 Å². The number of halogens is 1. The van der Waals surface area contributed by atoms with E-state index in [-0.39, 0.29) is 5.69 Å². The van der Waals surface area contributed by atoms with Crippen molar-refractivity contribution in [3.8, 4) is 11.5 Å². The summed E-state index contributed by atoms with van der Waals surface area (Å²) in [5.41, 5.74) is 4.01. The van der Waals surface area contributed by atoms with E-state index in [1.54, 1.807) is 24.3 Å². The molecule has 8 heteroatoms. The van der Waals surface area contributed by atoms with Crippen LogP contribution in [0.4, 0.5) is 10.1 Å². The lowest BCUT2D eigenvalue weighted by Gasteiger charge is -2.12. The number of hydrazone groups is 1. The molecule has 2 N–H and O–H groups in total. The number of anilines is 1. The first-order valence-electron chi connectivity index (χ1n) is 10.2. The van der Waals surface area contributed by atoms with Crippen molar-refractivity contribution in [2.45, 2.75) is 13.5 Å². The van der Waals surface area contributed by atoms with Crippen LogP contribution in [0.3, 0.4) is 0 Å². The van der Waals surface area contributed by atoms with Gasteiger partial charge in [-0.3, -0.25) is 9.59 Å². The van der Waals surface area contributed by atoms with E-state index >= 15 is 0 Å². The number of nitrogens with one attached hydrogen (secondary N) is 2. The standard InChI is InChI=1S/C25H24FN3O4/c1-17(24(30)28-21-11-7-6-10-20(21)26)25(31)29-27-15-19-12-13-22(23(14-19)32-2)33-16-18-8-4-3-5-9-18/h3-15,17H,16H2,1-2H3,(H,28,30)(H,29,31). The molecule has 0 radical (unpaired) electrons. The molecule has 2 amide bonds. The van der Waals surface area contributed by atoms with E-state index in [0.717, 1.165) is 5.56 Å². The number of nitrogens with zero attached hydrogens (tertiary/aromatic N) is 1. The summed E-state index contributed by atoms with van der Waals surface area (Å²) >= 11 is 0. The van der Waals surface area contributed by atoms with Crippen molar-refractivity contribution in [2.24, 2.45) is 11.0 Å². The summed E-state index contributed by atoms with van der Waals surface area (Å²) in [4.78, 5) is 24.4. The Kier molecular flexibility index (Phi) is 8.13. The van der Waals surface area contributed by atoms with E-state index in [2.05, 4.69) is 15.8 Å². The Morgan fingerprint density at radius 3 is 2.45 bits per heavy atom. The van der Waals surface area contributed by atoms with Gasteiger partial charge in [-0.1, -0.05) is 42.5 Å². The third-order valence-electron chi connectivity index (χ3n) is 4.73. The normalized spacial score (nSPS) is 11.6. The van der Waals surface area contributed by atoms with Crippen LogP contribution in [-0.4, -0.2) is 25.1 Å². The molecule has 3 aromatic rings. The number of para-hydroxylation sites is 1. The fourth-order valence-electron chi connectivity index (χ4n) is 2.81. The lowest BCUT2D eigenvalue weighted by atomic mass is 10.1. The van der Waals surface area contributed by atoms with E-state index in [9.17, 15) is 14.0 Å².